The second-order valence-electron chi connectivity index (χ2n) is 6.06. The Labute approximate surface area is 171 Å². The molecule has 2 aromatic rings. The maximum absolute atomic E-state index is 12.2. The van der Waals surface area contributed by atoms with E-state index in [-0.39, 0.29) is 35.9 Å². The van der Waals surface area contributed by atoms with Crippen molar-refractivity contribution in [3.05, 3.63) is 68.2 Å². The SMILES string of the molecule is CCOC(=O)c1ccc([N+](=O)[O-])c(NC(=O)CCCCc2ccccc2Br)c1. The summed E-state index contributed by atoms with van der Waals surface area (Å²) in [4.78, 5) is 34.6. The first-order valence-electron chi connectivity index (χ1n) is 8.91. The smallest absolute Gasteiger partial charge is 0.338 e. The van der Waals surface area contributed by atoms with Crippen molar-refractivity contribution < 1.29 is 19.2 Å². The average Bonchev–Trinajstić information content (AvgIpc) is 2.66. The number of nitrogens with one attached hydrogen (secondary N) is 1. The van der Waals surface area contributed by atoms with Crippen molar-refractivity contribution in [1.29, 1.82) is 0 Å². The highest BCUT2D eigenvalue weighted by molar-refractivity contribution is 9.10. The van der Waals surface area contributed by atoms with Crippen LogP contribution in [0.3, 0.4) is 0 Å². The number of hydrogen-bond acceptors (Lipinski definition) is 5. The van der Waals surface area contributed by atoms with Gasteiger partial charge in [-0.1, -0.05) is 34.1 Å². The van der Waals surface area contributed by atoms with Crippen LogP contribution in [0.25, 0.3) is 0 Å². The summed E-state index contributed by atoms with van der Waals surface area (Å²) in [5.41, 5.74) is 1.04. The number of rotatable bonds is 9. The fourth-order valence-electron chi connectivity index (χ4n) is 2.65. The van der Waals surface area contributed by atoms with E-state index in [2.05, 4.69) is 21.2 Å². The number of nitro benzene ring substituents is 1. The molecule has 8 heteroatoms. The Morgan fingerprint density at radius 2 is 1.93 bits per heavy atom. The van der Waals surface area contributed by atoms with Crippen molar-refractivity contribution in [2.75, 3.05) is 11.9 Å². The molecule has 2 aromatic carbocycles. The molecule has 7 nitrogen and oxygen atoms in total. The van der Waals surface area contributed by atoms with Gasteiger partial charge in [0.15, 0.2) is 0 Å². The van der Waals surface area contributed by atoms with Gasteiger partial charge < -0.3 is 10.1 Å². The summed E-state index contributed by atoms with van der Waals surface area (Å²) in [5.74, 6) is -0.933. The van der Waals surface area contributed by atoms with Crippen LogP contribution in [0.2, 0.25) is 0 Å². The highest BCUT2D eigenvalue weighted by Crippen LogP contribution is 2.26. The van der Waals surface area contributed by atoms with Crippen LogP contribution in [0.5, 0.6) is 0 Å². The molecule has 1 N–H and O–H groups in total. The predicted molar refractivity (Wildman–Crippen MR) is 109 cm³/mol. The van der Waals surface area contributed by atoms with E-state index in [9.17, 15) is 19.7 Å². The number of carbonyl (C=O) groups excluding carboxylic acids is 2. The van der Waals surface area contributed by atoms with Crippen LogP contribution in [0.15, 0.2) is 46.9 Å². The maximum atomic E-state index is 12.2. The molecule has 0 saturated heterocycles. The van der Waals surface area contributed by atoms with Gasteiger partial charge in [0.1, 0.15) is 5.69 Å². The van der Waals surface area contributed by atoms with E-state index in [4.69, 9.17) is 4.74 Å². The van der Waals surface area contributed by atoms with Gasteiger partial charge >= 0.3 is 5.97 Å². The minimum absolute atomic E-state index is 0.00800. The number of carbonyl (C=O) groups is 2. The topological polar surface area (TPSA) is 98.5 Å². The van der Waals surface area contributed by atoms with E-state index >= 15 is 0 Å². The third-order valence-electron chi connectivity index (χ3n) is 4.04. The molecule has 0 aliphatic rings. The molecule has 0 unspecified atom stereocenters. The molecule has 2 rings (SSSR count). The molecule has 0 heterocycles. The first kappa shape index (κ1) is 21.6. The molecule has 0 saturated carbocycles. The Bertz CT molecular complexity index is 869. The Morgan fingerprint density at radius 1 is 1.18 bits per heavy atom. The molecule has 0 aliphatic carbocycles. The zero-order valence-corrected chi connectivity index (χ0v) is 17.0. The summed E-state index contributed by atoms with van der Waals surface area (Å²) in [5, 5.41) is 13.7. The van der Waals surface area contributed by atoms with E-state index in [1.54, 1.807) is 6.92 Å². The Hall–Kier alpha value is -2.74. The number of amides is 1. The molecule has 0 aromatic heterocycles. The third-order valence-corrected chi connectivity index (χ3v) is 4.81. The van der Waals surface area contributed by atoms with Crippen LogP contribution in [-0.2, 0) is 16.0 Å². The summed E-state index contributed by atoms with van der Waals surface area (Å²) in [6, 6.07) is 11.7. The molecule has 148 valence electrons. The van der Waals surface area contributed by atoms with Gasteiger partial charge in [-0.25, -0.2) is 4.79 Å². The number of unbranched alkanes of at least 4 members (excludes halogenated alkanes) is 1. The van der Waals surface area contributed by atoms with E-state index in [0.29, 0.717) is 6.42 Å². The van der Waals surface area contributed by atoms with Gasteiger partial charge in [0.05, 0.1) is 17.1 Å². The molecular formula is C20H21BrN2O5. The summed E-state index contributed by atoms with van der Waals surface area (Å²) < 4.78 is 5.93. The first-order chi connectivity index (χ1) is 13.4. The number of ether oxygens (including phenoxy) is 1. The van der Waals surface area contributed by atoms with Crippen molar-refractivity contribution in [2.45, 2.75) is 32.6 Å². The lowest BCUT2D eigenvalue weighted by Crippen LogP contribution is -2.14. The van der Waals surface area contributed by atoms with Gasteiger partial charge in [-0.15, -0.1) is 0 Å². The van der Waals surface area contributed by atoms with E-state index in [1.165, 1.54) is 23.8 Å². The highest BCUT2D eigenvalue weighted by Gasteiger charge is 2.19. The number of halogens is 1. The maximum Gasteiger partial charge on any atom is 0.338 e. The molecule has 0 fully saturated rings. The van der Waals surface area contributed by atoms with Crippen molar-refractivity contribution in [3.63, 3.8) is 0 Å². The van der Waals surface area contributed by atoms with Crippen LogP contribution >= 0.6 is 15.9 Å². The fraction of sp³-hybridized carbons (Fsp3) is 0.300. The first-order valence-corrected chi connectivity index (χ1v) is 9.70. The van der Waals surface area contributed by atoms with Crippen LogP contribution in [0.4, 0.5) is 11.4 Å². The summed E-state index contributed by atoms with van der Waals surface area (Å²) >= 11 is 3.49. The Kier molecular flexibility index (Phi) is 8.13. The van der Waals surface area contributed by atoms with Crippen LogP contribution in [0.1, 0.15) is 42.1 Å². The van der Waals surface area contributed by atoms with Crippen LogP contribution in [0, 0.1) is 10.1 Å². The van der Waals surface area contributed by atoms with Crippen molar-refractivity contribution in [2.24, 2.45) is 0 Å². The number of nitrogens with zero attached hydrogens (tertiary/aromatic N) is 1. The lowest BCUT2D eigenvalue weighted by Gasteiger charge is -2.09. The highest BCUT2D eigenvalue weighted by atomic mass is 79.9. The van der Waals surface area contributed by atoms with Crippen molar-refractivity contribution in [1.82, 2.24) is 0 Å². The lowest BCUT2D eigenvalue weighted by molar-refractivity contribution is -0.383. The third kappa shape index (κ3) is 6.16. The van der Waals surface area contributed by atoms with Gasteiger partial charge in [0.25, 0.3) is 5.69 Å². The number of aryl methyl sites for hydroxylation is 1. The largest absolute Gasteiger partial charge is 0.462 e. The normalized spacial score (nSPS) is 10.4. The van der Waals surface area contributed by atoms with Gasteiger partial charge in [-0.05, 0) is 49.9 Å². The van der Waals surface area contributed by atoms with E-state index < -0.39 is 10.9 Å². The van der Waals surface area contributed by atoms with E-state index in [0.717, 1.165) is 17.3 Å². The van der Waals surface area contributed by atoms with E-state index in [1.807, 2.05) is 24.3 Å². The lowest BCUT2D eigenvalue weighted by atomic mass is 10.1. The van der Waals surface area contributed by atoms with Gasteiger partial charge in [-0.2, -0.15) is 0 Å². The second kappa shape index (κ2) is 10.6. The fourth-order valence-corrected chi connectivity index (χ4v) is 3.13. The minimum Gasteiger partial charge on any atom is -0.462 e. The number of hydrogen-bond donors (Lipinski definition) is 1. The van der Waals surface area contributed by atoms with Gasteiger partial charge in [0.2, 0.25) is 5.91 Å². The Morgan fingerprint density at radius 3 is 2.61 bits per heavy atom. The average molecular weight is 449 g/mol. The zero-order valence-electron chi connectivity index (χ0n) is 15.4. The van der Waals surface area contributed by atoms with Crippen LogP contribution < -0.4 is 5.32 Å². The van der Waals surface area contributed by atoms with Crippen molar-refractivity contribution in [3.8, 4) is 0 Å². The number of benzene rings is 2. The molecule has 0 atom stereocenters. The zero-order chi connectivity index (χ0) is 20.5. The Balaban J connectivity index is 1.96. The molecule has 0 aliphatic heterocycles. The van der Waals surface area contributed by atoms with Crippen molar-refractivity contribution >= 4 is 39.2 Å². The summed E-state index contributed by atoms with van der Waals surface area (Å²) in [6.07, 6.45) is 2.50. The molecule has 0 radical (unpaired) electrons. The molecule has 0 bridgehead atoms. The minimum atomic E-state index is -0.600. The van der Waals surface area contributed by atoms with Crippen LogP contribution in [-0.4, -0.2) is 23.4 Å². The molecular weight excluding hydrogens is 428 g/mol. The summed E-state index contributed by atoms with van der Waals surface area (Å²) in [6.45, 7) is 1.86. The molecule has 0 spiro atoms. The number of nitro groups is 1. The number of anilines is 1. The van der Waals surface area contributed by atoms with Gasteiger partial charge in [0, 0.05) is 17.0 Å². The standard InChI is InChI=1S/C20H21BrN2O5/c1-2-28-20(25)15-11-12-18(23(26)27)17(13-15)22-19(24)10-6-4-8-14-7-3-5-9-16(14)21/h3,5,7,9,11-13H,2,4,6,8,10H2,1H3,(H,22,24). The predicted octanol–water partition coefficient (Wildman–Crippen LogP) is 4.89. The quantitative estimate of drug-likeness (QED) is 0.255. The number of esters is 1. The summed E-state index contributed by atoms with van der Waals surface area (Å²) in [7, 11) is 0. The van der Waals surface area contributed by atoms with Gasteiger partial charge in [-0.3, -0.25) is 14.9 Å². The second-order valence-corrected chi connectivity index (χ2v) is 6.91. The molecule has 1 amide bonds. The monoisotopic (exact) mass is 448 g/mol. The molecule has 28 heavy (non-hydrogen) atoms.